The van der Waals surface area contributed by atoms with Crippen molar-refractivity contribution in [2.45, 2.75) is 46.0 Å². The van der Waals surface area contributed by atoms with E-state index in [1.807, 2.05) is 18.3 Å². The lowest BCUT2D eigenvalue weighted by Crippen LogP contribution is -2.50. The van der Waals surface area contributed by atoms with Crippen molar-refractivity contribution in [2.75, 3.05) is 13.1 Å². The molecule has 2 aliphatic heterocycles. The van der Waals surface area contributed by atoms with Crippen molar-refractivity contribution in [3.63, 3.8) is 0 Å². The van der Waals surface area contributed by atoms with Gasteiger partial charge in [0.2, 0.25) is 5.95 Å². The maximum Gasteiger partial charge on any atom is 0.338 e. The molecule has 0 amide bonds. The number of hydrogen-bond acceptors (Lipinski definition) is 8. The summed E-state index contributed by atoms with van der Waals surface area (Å²) >= 11 is 0. The number of rotatable bonds is 4. The number of carbonyl (C=O) groups excluding carboxylic acids is 1. The van der Waals surface area contributed by atoms with Crippen molar-refractivity contribution in [3.8, 4) is 12.0 Å². The molecule has 2 atom stereocenters. The van der Waals surface area contributed by atoms with E-state index in [-0.39, 0.29) is 12.0 Å². The van der Waals surface area contributed by atoms with Gasteiger partial charge in [0.1, 0.15) is 19.0 Å². The van der Waals surface area contributed by atoms with Gasteiger partial charge in [-0.1, -0.05) is 6.07 Å². The zero-order valence-corrected chi connectivity index (χ0v) is 18.9. The van der Waals surface area contributed by atoms with Crippen LogP contribution in [0.15, 0.2) is 30.9 Å². The second kappa shape index (κ2) is 8.39. The Labute approximate surface area is 192 Å². The van der Waals surface area contributed by atoms with E-state index in [9.17, 15) is 4.79 Å². The highest BCUT2D eigenvalue weighted by Crippen LogP contribution is 2.31. The second-order valence-corrected chi connectivity index (χ2v) is 8.75. The molecule has 9 heteroatoms. The topological polar surface area (TPSA) is 109 Å². The Bertz CT molecular complexity index is 1280. The van der Waals surface area contributed by atoms with Gasteiger partial charge in [-0.15, -0.1) is 0 Å². The summed E-state index contributed by atoms with van der Waals surface area (Å²) in [6.45, 7) is 8.85. The SMILES string of the molecule is Cc1nc(-n2cnc(CN3C[C@@H](c4ccc5c(c4C)COC5=O)N[C@@H](C)C3)c2)ncc1C#N. The molecule has 0 unspecified atom stereocenters. The molecule has 2 aromatic heterocycles. The molecule has 3 aromatic rings. The van der Waals surface area contributed by atoms with Crippen molar-refractivity contribution >= 4 is 5.97 Å². The smallest absolute Gasteiger partial charge is 0.338 e. The van der Waals surface area contributed by atoms with Gasteiger partial charge in [0.15, 0.2) is 0 Å². The van der Waals surface area contributed by atoms with Crippen molar-refractivity contribution in [2.24, 2.45) is 0 Å². The molecule has 1 fully saturated rings. The number of nitrogens with one attached hydrogen (secondary N) is 1. The van der Waals surface area contributed by atoms with E-state index in [0.29, 0.717) is 42.0 Å². The minimum Gasteiger partial charge on any atom is -0.457 e. The molecule has 0 spiro atoms. The fraction of sp³-hybridized carbons (Fsp3) is 0.375. The van der Waals surface area contributed by atoms with Crippen LogP contribution in [0, 0.1) is 25.2 Å². The predicted molar refractivity (Wildman–Crippen MR) is 120 cm³/mol. The quantitative estimate of drug-likeness (QED) is 0.612. The monoisotopic (exact) mass is 443 g/mol. The van der Waals surface area contributed by atoms with Gasteiger partial charge in [0, 0.05) is 43.5 Å². The molecular weight excluding hydrogens is 418 g/mol. The summed E-state index contributed by atoms with van der Waals surface area (Å²) in [4.78, 5) is 27.5. The van der Waals surface area contributed by atoms with Crippen LogP contribution < -0.4 is 5.32 Å². The fourth-order valence-electron chi connectivity index (χ4n) is 4.70. The lowest BCUT2D eigenvalue weighted by atomic mass is 9.92. The molecule has 5 rings (SSSR count). The van der Waals surface area contributed by atoms with Crippen LogP contribution in [-0.4, -0.2) is 49.5 Å². The zero-order chi connectivity index (χ0) is 23.1. The van der Waals surface area contributed by atoms with Gasteiger partial charge < -0.3 is 10.1 Å². The van der Waals surface area contributed by atoms with Crippen molar-refractivity contribution in [1.82, 2.24) is 29.7 Å². The van der Waals surface area contributed by atoms with Gasteiger partial charge >= 0.3 is 5.97 Å². The van der Waals surface area contributed by atoms with Crippen LogP contribution in [0.3, 0.4) is 0 Å². The number of nitriles is 1. The van der Waals surface area contributed by atoms with Crippen molar-refractivity contribution in [1.29, 1.82) is 5.26 Å². The van der Waals surface area contributed by atoms with Gasteiger partial charge in [-0.3, -0.25) is 9.47 Å². The molecule has 168 valence electrons. The highest BCUT2D eigenvalue weighted by atomic mass is 16.5. The Hall–Kier alpha value is -3.61. The Morgan fingerprint density at radius 3 is 2.91 bits per heavy atom. The van der Waals surface area contributed by atoms with E-state index in [4.69, 9.17) is 10.00 Å². The Balaban J connectivity index is 1.33. The lowest BCUT2D eigenvalue weighted by Gasteiger charge is -2.38. The van der Waals surface area contributed by atoms with Crippen molar-refractivity contribution in [3.05, 3.63) is 70.1 Å². The number of benzene rings is 1. The van der Waals surface area contributed by atoms with Crippen LogP contribution in [0.5, 0.6) is 0 Å². The second-order valence-electron chi connectivity index (χ2n) is 8.75. The molecule has 33 heavy (non-hydrogen) atoms. The Kier molecular flexibility index (Phi) is 5.40. The number of ether oxygens (including phenoxy) is 1. The summed E-state index contributed by atoms with van der Waals surface area (Å²) in [6.07, 6.45) is 5.19. The van der Waals surface area contributed by atoms with Gasteiger partial charge in [0.05, 0.1) is 28.7 Å². The predicted octanol–water partition coefficient (Wildman–Crippen LogP) is 2.36. The maximum absolute atomic E-state index is 11.9. The number of esters is 1. The van der Waals surface area contributed by atoms with E-state index in [2.05, 4.69) is 45.1 Å². The number of fused-ring (bicyclic) bond motifs is 1. The number of aromatic nitrogens is 4. The summed E-state index contributed by atoms with van der Waals surface area (Å²) in [5, 5.41) is 12.8. The van der Waals surface area contributed by atoms with Crippen molar-refractivity contribution < 1.29 is 9.53 Å². The lowest BCUT2D eigenvalue weighted by molar-refractivity contribution is 0.0535. The van der Waals surface area contributed by atoms with Gasteiger partial charge in [-0.25, -0.2) is 19.7 Å². The molecule has 1 aromatic carbocycles. The van der Waals surface area contributed by atoms with E-state index in [1.54, 1.807) is 17.8 Å². The Morgan fingerprint density at radius 2 is 2.12 bits per heavy atom. The molecular formula is C24H25N7O2. The van der Waals surface area contributed by atoms with Crippen LogP contribution in [0.25, 0.3) is 5.95 Å². The zero-order valence-electron chi connectivity index (χ0n) is 18.9. The molecule has 0 aliphatic carbocycles. The Morgan fingerprint density at radius 1 is 1.27 bits per heavy atom. The summed E-state index contributed by atoms with van der Waals surface area (Å²) in [7, 11) is 0. The standard InChI is InChI=1S/C24H25N7O2/c1-14-8-30(9-18-10-31(13-27-18)24-26-7-17(6-25)16(3)29-24)11-22(28-14)19-4-5-20-21(15(19)2)12-33-23(20)32/h4-5,7,10,13-14,22,28H,8-9,11-12H2,1-3H3/t14-,22-/m0/s1. The molecule has 9 nitrogen and oxygen atoms in total. The largest absolute Gasteiger partial charge is 0.457 e. The van der Waals surface area contributed by atoms with Crippen LogP contribution in [0.1, 0.15) is 57.0 Å². The molecule has 2 aliphatic rings. The number of imidazole rings is 1. The highest BCUT2D eigenvalue weighted by molar-refractivity contribution is 5.94. The van der Waals surface area contributed by atoms with E-state index in [1.165, 1.54) is 11.8 Å². The van der Waals surface area contributed by atoms with E-state index < -0.39 is 0 Å². The first-order chi connectivity index (χ1) is 15.9. The number of nitrogens with zero attached hydrogens (tertiary/aromatic N) is 6. The van der Waals surface area contributed by atoms with Gasteiger partial charge in [-0.05, 0) is 38.0 Å². The average molecular weight is 444 g/mol. The molecule has 0 saturated carbocycles. The number of hydrogen-bond donors (Lipinski definition) is 1. The minimum atomic E-state index is -0.233. The first-order valence-corrected chi connectivity index (χ1v) is 11.0. The number of carbonyl (C=O) groups is 1. The van der Waals surface area contributed by atoms with E-state index in [0.717, 1.165) is 29.9 Å². The molecule has 1 saturated heterocycles. The summed E-state index contributed by atoms with van der Waals surface area (Å²) in [5.74, 6) is 0.269. The van der Waals surface area contributed by atoms with Gasteiger partial charge in [0.25, 0.3) is 0 Å². The average Bonchev–Trinajstić information content (AvgIpc) is 3.41. The highest BCUT2D eigenvalue weighted by Gasteiger charge is 2.30. The molecule has 4 heterocycles. The first kappa shape index (κ1) is 21.2. The van der Waals surface area contributed by atoms with Crippen LogP contribution in [0.4, 0.5) is 0 Å². The maximum atomic E-state index is 11.9. The normalized spacial score (nSPS) is 20.4. The van der Waals surface area contributed by atoms with Crippen LogP contribution >= 0.6 is 0 Å². The molecule has 1 N–H and O–H groups in total. The summed E-state index contributed by atoms with van der Waals surface area (Å²) in [5.41, 5.74) is 6.06. The van der Waals surface area contributed by atoms with Crippen LogP contribution in [0.2, 0.25) is 0 Å². The van der Waals surface area contributed by atoms with Gasteiger partial charge in [-0.2, -0.15) is 5.26 Å². The summed E-state index contributed by atoms with van der Waals surface area (Å²) < 4.78 is 7.01. The number of cyclic esters (lactones) is 1. The van der Waals surface area contributed by atoms with E-state index >= 15 is 0 Å². The minimum absolute atomic E-state index is 0.154. The third-order valence-corrected chi connectivity index (χ3v) is 6.38. The molecule has 0 bridgehead atoms. The number of piperazine rings is 1. The third-order valence-electron chi connectivity index (χ3n) is 6.38. The third kappa shape index (κ3) is 3.99. The number of aryl methyl sites for hydroxylation is 1. The summed E-state index contributed by atoms with van der Waals surface area (Å²) in [6, 6.07) is 6.49. The first-order valence-electron chi connectivity index (χ1n) is 11.0. The molecule has 0 radical (unpaired) electrons. The van der Waals surface area contributed by atoms with Crippen LogP contribution in [-0.2, 0) is 17.9 Å². The fourth-order valence-corrected chi connectivity index (χ4v) is 4.70.